The number of nitrogens with zero attached hydrogens (tertiary/aromatic N) is 4. The van der Waals surface area contributed by atoms with E-state index in [9.17, 15) is 13.2 Å². The largest absolute Gasteiger partial charge is 0.325 e. The second-order valence-corrected chi connectivity index (χ2v) is 9.97. The molecule has 4 rings (SSSR count). The second kappa shape index (κ2) is 9.82. The summed E-state index contributed by atoms with van der Waals surface area (Å²) in [5.74, 6) is 0.640. The van der Waals surface area contributed by atoms with Crippen LogP contribution in [0.15, 0.2) is 64.6 Å². The minimum absolute atomic E-state index is 0.0571. The van der Waals surface area contributed by atoms with Crippen molar-refractivity contribution in [1.82, 2.24) is 19.7 Å². The average molecular weight is 473 g/mol. The number of aromatic nitrogens is 3. The van der Waals surface area contributed by atoms with E-state index in [1.807, 2.05) is 34.9 Å². The summed E-state index contributed by atoms with van der Waals surface area (Å²) < 4.78 is 25.0. The zero-order chi connectivity index (χ0) is 22.6. The summed E-state index contributed by atoms with van der Waals surface area (Å²) >= 11 is 1.27. The molecule has 0 radical (unpaired) electrons. The van der Waals surface area contributed by atoms with E-state index in [-0.39, 0.29) is 16.6 Å². The molecule has 0 atom stereocenters. The Morgan fingerprint density at radius 3 is 2.53 bits per heavy atom. The maximum atomic E-state index is 12.5. The summed E-state index contributed by atoms with van der Waals surface area (Å²) in [5, 5.41) is 17.2. The Morgan fingerprint density at radius 2 is 1.81 bits per heavy atom. The molecule has 9 nitrogen and oxygen atoms in total. The third-order valence-electron chi connectivity index (χ3n) is 5.06. The fourth-order valence-corrected chi connectivity index (χ4v) is 4.88. The molecule has 0 unspecified atom stereocenters. The topological polar surface area (TPSA) is 123 Å². The van der Waals surface area contributed by atoms with Gasteiger partial charge in [0.05, 0.1) is 17.2 Å². The van der Waals surface area contributed by atoms with Crippen LogP contribution in [0.25, 0.3) is 5.69 Å². The highest BCUT2D eigenvalue weighted by Crippen LogP contribution is 2.24. The number of carbonyl (C=O) groups excluding carboxylic acids is 1. The van der Waals surface area contributed by atoms with Crippen LogP contribution < -0.4 is 10.5 Å². The fraction of sp³-hybridized carbons (Fsp3) is 0.286. The van der Waals surface area contributed by atoms with Crippen LogP contribution in [0.3, 0.4) is 0 Å². The lowest BCUT2D eigenvalue weighted by molar-refractivity contribution is -0.113. The van der Waals surface area contributed by atoms with Gasteiger partial charge in [-0.2, -0.15) is 0 Å². The highest BCUT2D eigenvalue weighted by molar-refractivity contribution is 7.99. The highest BCUT2D eigenvalue weighted by Gasteiger charge is 2.20. The third-order valence-corrected chi connectivity index (χ3v) is 6.90. The number of nitrogens with one attached hydrogen (secondary N) is 1. The summed E-state index contributed by atoms with van der Waals surface area (Å²) in [5.41, 5.74) is 1.30. The SMILES string of the molecule is NS(=O)(=O)c1cccc(NC(=O)CSc2nnc(CN3CCCC3)n2-c2ccccc2)c1. The van der Waals surface area contributed by atoms with Crippen molar-refractivity contribution in [2.45, 2.75) is 29.4 Å². The van der Waals surface area contributed by atoms with Gasteiger partial charge in [-0.1, -0.05) is 36.0 Å². The number of benzene rings is 2. The van der Waals surface area contributed by atoms with E-state index in [0.717, 1.165) is 24.6 Å². The first-order valence-electron chi connectivity index (χ1n) is 10.2. The fourth-order valence-electron chi connectivity index (χ4n) is 3.55. The quantitative estimate of drug-likeness (QED) is 0.482. The van der Waals surface area contributed by atoms with Gasteiger partial charge >= 0.3 is 0 Å². The molecule has 3 N–H and O–H groups in total. The molecule has 0 bridgehead atoms. The molecule has 3 aromatic rings. The maximum Gasteiger partial charge on any atom is 0.238 e. The van der Waals surface area contributed by atoms with E-state index in [0.29, 0.717) is 17.4 Å². The first-order valence-corrected chi connectivity index (χ1v) is 12.7. The van der Waals surface area contributed by atoms with Crippen LogP contribution in [-0.2, 0) is 21.4 Å². The number of sulfonamides is 1. The van der Waals surface area contributed by atoms with Crippen LogP contribution in [0.5, 0.6) is 0 Å². The lowest BCUT2D eigenvalue weighted by Gasteiger charge is -2.16. The number of likely N-dealkylation sites (tertiary alicyclic amines) is 1. The Labute approximate surface area is 191 Å². The van der Waals surface area contributed by atoms with Gasteiger partial charge in [-0.05, 0) is 56.3 Å². The number of carbonyl (C=O) groups is 1. The number of rotatable bonds is 8. The first-order chi connectivity index (χ1) is 15.4. The summed E-state index contributed by atoms with van der Waals surface area (Å²) in [4.78, 5) is 14.8. The van der Waals surface area contributed by atoms with Crippen LogP contribution in [-0.4, -0.2) is 52.8 Å². The number of hydrogen-bond donors (Lipinski definition) is 2. The molecule has 0 aliphatic carbocycles. The predicted octanol–water partition coefficient (Wildman–Crippen LogP) is 2.24. The van der Waals surface area contributed by atoms with Gasteiger partial charge in [-0.15, -0.1) is 10.2 Å². The Balaban J connectivity index is 1.48. The molecular weight excluding hydrogens is 448 g/mol. The average Bonchev–Trinajstić information content (AvgIpc) is 3.43. The van der Waals surface area contributed by atoms with E-state index >= 15 is 0 Å². The lowest BCUT2D eigenvalue weighted by Crippen LogP contribution is -2.21. The van der Waals surface area contributed by atoms with Crippen molar-refractivity contribution in [3.63, 3.8) is 0 Å². The van der Waals surface area contributed by atoms with Gasteiger partial charge in [0.1, 0.15) is 0 Å². The molecule has 1 aromatic heterocycles. The van der Waals surface area contributed by atoms with E-state index in [1.54, 1.807) is 6.07 Å². The molecular formula is C21H24N6O3S2. The molecule has 1 aliphatic rings. The summed E-state index contributed by atoms with van der Waals surface area (Å²) in [7, 11) is -3.84. The number of primary sulfonamides is 1. The molecule has 0 spiro atoms. The van der Waals surface area contributed by atoms with Crippen molar-refractivity contribution in [2.24, 2.45) is 5.14 Å². The molecule has 1 aliphatic heterocycles. The summed E-state index contributed by atoms with van der Waals surface area (Å²) in [6, 6.07) is 15.7. The minimum atomic E-state index is -3.84. The Kier molecular flexibility index (Phi) is 6.89. The van der Waals surface area contributed by atoms with Crippen molar-refractivity contribution in [1.29, 1.82) is 0 Å². The van der Waals surface area contributed by atoms with E-state index in [2.05, 4.69) is 20.4 Å². The normalized spacial score (nSPS) is 14.5. The van der Waals surface area contributed by atoms with Crippen molar-refractivity contribution < 1.29 is 13.2 Å². The number of hydrogen-bond acceptors (Lipinski definition) is 7. The van der Waals surface area contributed by atoms with Crippen molar-refractivity contribution >= 4 is 33.4 Å². The number of anilines is 1. The monoisotopic (exact) mass is 472 g/mol. The molecule has 1 saturated heterocycles. The van der Waals surface area contributed by atoms with Crippen molar-refractivity contribution in [3.8, 4) is 5.69 Å². The molecule has 2 heterocycles. The summed E-state index contributed by atoms with van der Waals surface area (Å²) in [6.07, 6.45) is 2.38. The van der Waals surface area contributed by atoms with Gasteiger partial charge in [-0.25, -0.2) is 13.6 Å². The predicted molar refractivity (Wildman–Crippen MR) is 123 cm³/mol. The van der Waals surface area contributed by atoms with Crippen molar-refractivity contribution in [3.05, 3.63) is 60.4 Å². The van der Waals surface area contributed by atoms with Gasteiger partial charge in [0.25, 0.3) is 0 Å². The molecule has 168 valence electrons. The van der Waals surface area contributed by atoms with Gasteiger partial charge in [-0.3, -0.25) is 14.3 Å². The number of para-hydroxylation sites is 1. The lowest BCUT2D eigenvalue weighted by atomic mass is 10.3. The minimum Gasteiger partial charge on any atom is -0.325 e. The van der Waals surface area contributed by atoms with E-state index in [1.165, 1.54) is 42.8 Å². The third kappa shape index (κ3) is 5.54. The molecule has 11 heteroatoms. The number of amides is 1. The van der Waals surface area contributed by atoms with Crippen LogP contribution in [0.1, 0.15) is 18.7 Å². The smallest absolute Gasteiger partial charge is 0.238 e. The Bertz CT molecular complexity index is 1190. The van der Waals surface area contributed by atoms with E-state index < -0.39 is 10.0 Å². The molecule has 1 amide bonds. The molecule has 2 aromatic carbocycles. The van der Waals surface area contributed by atoms with Crippen molar-refractivity contribution in [2.75, 3.05) is 24.2 Å². The summed E-state index contributed by atoms with van der Waals surface area (Å²) in [6.45, 7) is 2.79. The van der Waals surface area contributed by atoms with Crippen LogP contribution in [0.2, 0.25) is 0 Å². The second-order valence-electron chi connectivity index (χ2n) is 7.46. The number of nitrogens with two attached hydrogens (primary N) is 1. The van der Waals surface area contributed by atoms with Gasteiger partial charge in [0, 0.05) is 11.4 Å². The van der Waals surface area contributed by atoms with Crippen LogP contribution in [0, 0.1) is 0 Å². The molecule has 1 fully saturated rings. The van der Waals surface area contributed by atoms with Crippen LogP contribution in [0.4, 0.5) is 5.69 Å². The molecule has 0 saturated carbocycles. The van der Waals surface area contributed by atoms with Gasteiger partial charge in [0.2, 0.25) is 15.9 Å². The van der Waals surface area contributed by atoms with Gasteiger partial charge in [0.15, 0.2) is 11.0 Å². The maximum absolute atomic E-state index is 12.5. The standard InChI is InChI=1S/C21H24N6O3S2/c22-32(29,30)18-10-6-7-16(13-18)23-20(28)15-31-21-25-24-19(14-26-11-4-5-12-26)27(21)17-8-2-1-3-9-17/h1-3,6-10,13H,4-5,11-12,14-15H2,(H,23,28)(H2,22,29,30). The number of thioether (sulfide) groups is 1. The first kappa shape index (κ1) is 22.5. The highest BCUT2D eigenvalue weighted by atomic mass is 32.2. The Hall–Kier alpha value is -2.73. The zero-order valence-corrected chi connectivity index (χ0v) is 19.0. The zero-order valence-electron chi connectivity index (χ0n) is 17.3. The van der Waals surface area contributed by atoms with Gasteiger partial charge < -0.3 is 5.32 Å². The molecule has 32 heavy (non-hydrogen) atoms. The Morgan fingerprint density at radius 1 is 1.06 bits per heavy atom. The van der Waals surface area contributed by atoms with E-state index in [4.69, 9.17) is 5.14 Å². The van der Waals surface area contributed by atoms with Crippen LogP contribution >= 0.6 is 11.8 Å².